The molecule has 5 aliphatic heterocycles. The van der Waals surface area contributed by atoms with Crippen LogP contribution in [0.25, 0.3) is 0 Å². The van der Waals surface area contributed by atoms with Gasteiger partial charge in [-0.1, -0.05) is 0 Å². The summed E-state index contributed by atoms with van der Waals surface area (Å²) in [5, 5.41) is 18.4. The van der Waals surface area contributed by atoms with Crippen LogP contribution < -0.4 is 20.4 Å². The lowest BCUT2D eigenvalue weighted by Gasteiger charge is -2.63. The zero-order valence-electron chi connectivity index (χ0n) is 33.5. The number of benzene rings is 2. The second kappa shape index (κ2) is 14.2. The highest BCUT2D eigenvalue weighted by atomic mass is 19.4. The molecule has 5 fully saturated rings. The number of rotatable bonds is 7. The van der Waals surface area contributed by atoms with Crippen molar-refractivity contribution in [3.63, 3.8) is 0 Å². The predicted octanol–water partition coefficient (Wildman–Crippen LogP) is 4.90. The first-order chi connectivity index (χ1) is 28.5. The van der Waals surface area contributed by atoms with Gasteiger partial charge in [0.05, 0.1) is 40.2 Å². The summed E-state index contributed by atoms with van der Waals surface area (Å²) >= 11 is 0. The van der Waals surface area contributed by atoms with E-state index in [1.807, 2.05) is 12.3 Å². The third-order valence-electron chi connectivity index (χ3n) is 14.1. The van der Waals surface area contributed by atoms with Crippen LogP contribution in [0.15, 0.2) is 48.8 Å². The Balaban J connectivity index is 0.734. The Morgan fingerprint density at radius 3 is 2.18 bits per heavy atom. The largest absolute Gasteiger partial charge is 0.417 e. The van der Waals surface area contributed by atoms with Gasteiger partial charge < -0.3 is 15.1 Å². The molecule has 0 radical (unpaired) electrons. The summed E-state index contributed by atoms with van der Waals surface area (Å²) in [7, 11) is 0. The first-order valence-electron chi connectivity index (χ1n) is 20.6. The summed E-state index contributed by atoms with van der Waals surface area (Å²) in [5.74, 6) is -2.54. The van der Waals surface area contributed by atoms with Crippen LogP contribution in [-0.2, 0) is 26.1 Å². The van der Waals surface area contributed by atoms with Gasteiger partial charge in [0, 0.05) is 69.3 Å². The molecule has 9 rings (SSSR count). The summed E-state index contributed by atoms with van der Waals surface area (Å²) < 4.78 is 42.0. The maximum Gasteiger partial charge on any atom is 0.417 e. The van der Waals surface area contributed by atoms with E-state index >= 15 is 0 Å². The lowest BCUT2D eigenvalue weighted by atomic mass is 9.58. The molecule has 5 amide bonds. The van der Waals surface area contributed by atoms with Gasteiger partial charge in [-0.05, 0) is 106 Å². The monoisotopic (exact) mass is 825 g/mol. The fraction of sp³-hybridized carbons (Fsp3) is 0.512. The zero-order valence-corrected chi connectivity index (χ0v) is 33.5. The zero-order chi connectivity index (χ0) is 42.4. The predicted molar refractivity (Wildman–Crippen MR) is 212 cm³/mol. The maximum absolute atomic E-state index is 13.5. The molecular weight excluding hydrogens is 780 g/mol. The summed E-state index contributed by atoms with van der Waals surface area (Å²) in [5.41, 5.74) is 0.103. The van der Waals surface area contributed by atoms with Crippen LogP contribution >= 0.6 is 0 Å². The average molecular weight is 826 g/mol. The van der Waals surface area contributed by atoms with E-state index in [1.54, 1.807) is 38.2 Å². The fourth-order valence-corrected chi connectivity index (χ4v) is 10.3. The molecule has 1 saturated carbocycles. The topological polar surface area (TPSA) is 164 Å². The number of amides is 5. The Morgan fingerprint density at radius 2 is 1.53 bits per heavy atom. The quantitative estimate of drug-likeness (QED) is 0.314. The Kier molecular flexibility index (Phi) is 9.38. The number of likely N-dealkylation sites (tertiary alicyclic amines) is 1. The Bertz CT molecular complexity index is 2340. The standard InChI is InChI=1S/C43H46F3N9O5/c1-40(2,39(60)49-27-4-3-26(21-47)33(17-27)43(44,45)46)54-23-30(22-48-54)52-15-11-42(12-16-52)24-53(25-42)29-19-41(20-29)9-13-51(14-10-41)28-5-6-31-32(18-28)38(59)55(37(31)58)34-7-8-35(56)50-36(34)57/h3-6,17-18,22-23,29,34H,7-16,19-20,24-25H2,1-2H3,(H,49,60)(H,50,56,57). The number of carbonyl (C=O) groups excluding carboxylic acids is 5. The van der Waals surface area contributed by atoms with Crippen molar-refractivity contribution in [2.45, 2.75) is 89.0 Å². The first kappa shape index (κ1) is 39.7. The first-order valence-corrected chi connectivity index (χ1v) is 20.6. The molecule has 60 heavy (non-hydrogen) atoms. The van der Waals surface area contributed by atoms with Crippen molar-refractivity contribution in [2.24, 2.45) is 10.8 Å². The second-order valence-corrected chi connectivity index (χ2v) is 18.1. The molecule has 2 aromatic carbocycles. The van der Waals surface area contributed by atoms with Crippen LogP contribution in [0.4, 0.5) is 30.2 Å². The summed E-state index contributed by atoms with van der Waals surface area (Å²) in [6, 6.07) is 9.60. The number of imide groups is 2. The lowest BCUT2D eigenvalue weighted by molar-refractivity contribution is -0.138. The molecule has 4 saturated heterocycles. The third kappa shape index (κ3) is 6.78. The number of piperidine rings is 3. The highest BCUT2D eigenvalue weighted by molar-refractivity contribution is 6.23. The van der Waals surface area contributed by atoms with Crippen molar-refractivity contribution >= 4 is 46.6 Å². The number of aromatic nitrogens is 2. The molecule has 1 aliphatic carbocycles. The van der Waals surface area contributed by atoms with Gasteiger partial charge in [0.25, 0.3) is 17.7 Å². The van der Waals surface area contributed by atoms with Gasteiger partial charge in [-0.2, -0.15) is 23.5 Å². The Hall–Kier alpha value is -5.76. The van der Waals surface area contributed by atoms with E-state index in [1.165, 1.54) is 23.6 Å². The van der Waals surface area contributed by atoms with Crippen molar-refractivity contribution < 1.29 is 37.1 Å². The highest BCUT2D eigenvalue weighted by Gasteiger charge is 2.54. The van der Waals surface area contributed by atoms with Crippen LogP contribution in [0.3, 0.4) is 0 Å². The molecule has 1 unspecified atom stereocenters. The molecule has 14 nitrogen and oxygen atoms in total. The number of carbonyl (C=O) groups is 5. The molecule has 6 heterocycles. The van der Waals surface area contributed by atoms with Gasteiger partial charge in [0.1, 0.15) is 11.6 Å². The highest BCUT2D eigenvalue weighted by Crippen LogP contribution is 2.55. The second-order valence-electron chi connectivity index (χ2n) is 18.1. The van der Waals surface area contributed by atoms with Gasteiger partial charge in [-0.15, -0.1) is 0 Å². The summed E-state index contributed by atoms with van der Waals surface area (Å²) in [6.07, 6.45) is 5.59. The molecule has 1 atom stereocenters. The Labute approximate surface area is 344 Å². The average Bonchev–Trinajstić information content (AvgIpc) is 3.79. The normalized spacial score (nSPS) is 23.0. The molecular formula is C43H46F3N9O5. The van der Waals surface area contributed by atoms with Gasteiger partial charge in [-0.3, -0.25) is 43.8 Å². The van der Waals surface area contributed by atoms with E-state index in [0.29, 0.717) is 22.6 Å². The van der Waals surface area contributed by atoms with E-state index in [4.69, 9.17) is 5.26 Å². The molecule has 3 aromatic rings. The number of alkyl halides is 3. The third-order valence-corrected chi connectivity index (χ3v) is 14.1. The number of nitriles is 1. The lowest BCUT2D eigenvalue weighted by Crippen LogP contribution is -2.67. The van der Waals surface area contributed by atoms with Gasteiger partial charge >= 0.3 is 6.18 Å². The molecule has 314 valence electrons. The van der Waals surface area contributed by atoms with Gasteiger partial charge in [-0.25, -0.2) is 0 Å². The van der Waals surface area contributed by atoms with E-state index < -0.39 is 58.4 Å². The number of halogens is 3. The maximum atomic E-state index is 13.5. The fourth-order valence-electron chi connectivity index (χ4n) is 10.3. The number of nitrogens with zero attached hydrogens (tertiary/aromatic N) is 7. The minimum atomic E-state index is -4.74. The molecule has 2 N–H and O–H groups in total. The number of hydrogen-bond donors (Lipinski definition) is 2. The summed E-state index contributed by atoms with van der Waals surface area (Å²) in [6.45, 7) is 8.92. The Morgan fingerprint density at radius 1 is 0.883 bits per heavy atom. The van der Waals surface area contributed by atoms with Crippen LogP contribution in [0.2, 0.25) is 0 Å². The van der Waals surface area contributed by atoms with Crippen LogP contribution in [0.1, 0.15) is 97.1 Å². The van der Waals surface area contributed by atoms with Crippen molar-refractivity contribution in [3.8, 4) is 6.07 Å². The van der Waals surface area contributed by atoms with Crippen LogP contribution in [0, 0.1) is 22.2 Å². The molecule has 1 aromatic heterocycles. The van der Waals surface area contributed by atoms with Crippen molar-refractivity contribution in [1.82, 2.24) is 24.9 Å². The van der Waals surface area contributed by atoms with Gasteiger partial charge in [0.2, 0.25) is 11.8 Å². The molecule has 0 bridgehead atoms. The molecule has 17 heteroatoms. The van der Waals surface area contributed by atoms with Crippen LogP contribution in [-0.4, -0.2) is 100 Å². The number of anilines is 3. The van der Waals surface area contributed by atoms with Gasteiger partial charge in [0.15, 0.2) is 0 Å². The molecule has 2 spiro atoms. The smallest absolute Gasteiger partial charge is 0.371 e. The van der Waals surface area contributed by atoms with E-state index in [0.717, 1.165) is 93.4 Å². The van der Waals surface area contributed by atoms with E-state index in [2.05, 4.69) is 30.4 Å². The minimum absolute atomic E-state index is 0.0557. The van der Waals surface area contributed by atoms with Crippen molar-refractivity contribution in [2.75, 3.05) is 54.4 Å². The number of nitrogens with one attached hydrogen (secondary N) is 2. The SMILES string of the molecule is CC(C)(C(=O)Nc1ccc(C#N)c(C(F)(F)F)c1)n1cc(N2CCC3(CC2)CN(C2CC4(CCN(c5ccc6c(c5)C(=O)N(C5CCC(=O)NC5=O)C6=O)CC4)C2)C3)cn1. The van der Waals surface area contributed by atoms with Crippen molar-refractivity contribution in [3.05, 3.63) is 71.0 Å². The van der Waals surface area contributed by atoms with Crippen LogP contribution in [0.5, 0.6) is 0 Å². The number of hydrogen-bond acceptors (Lipinski definition) is 10. The molecule has 6 aliphatic rings. The summed E-state index contributed by atoms with van der Waals surface area (Å²) in [4.78, 5) is 72.1. The van der Waals surface area contributed by atoms with E-state index in [-0.39, 0.29) is 23.9 Å². The minimum Gasteiger partial charge on any atom is -0.371 e. The van der Waals surface area contributed by atoms with E-state index in [9.17, 15) is 37.1 Å². The van der Waals surface area contributed by atoms with Crippen molar-refractivity contribution in [1.29, 1.82) is 5.26 Å². The number of fused-ring (bicyclic) bond motifs is 1.